The van der Waals surface area contributed by atoms with Crippen molar-refractivity contribution in [1.82, 2.24) is 4.57 Å². The first-order valence-corrected chi connectivity index (χ1v) is 7.22. The van der Waals surface area contributed by atoms with Crippen LogP contribution in [0.4, 0.5) is 0 Å². The van der Waals surface area contributed by atoms with Crippen LogP contribution < -0.4 is 0 Å². The SMILES string of the molecule is Cc1ccc2c(c1)cc(C(C)(C)C)n2CC(O)CCO. The van der Waals surface area contributed by atoms with Gasteiger partial charge in [0.15, 0.2) is 0 Å². The molecule has 3 heteroatoms. The van der Waals surface area contributed by atoms with Gasteiger partial charge in [0.25, 0.3) is 0 Å². The summed E-state index contributed by atoms with van der Waals surface area (Å²) in [6, 6.07) is 8.61. The number of aromatic nitrogens is 1. The second-order valence-electron chi connectivity index (χ2n) is 6.62. The Bertz CT molecular complexity index is 593. The molecule has 1 aromatic carbocycles. The molecule has 0 aliphatic carbocycles. The van der Waals surface area contributed by atoms with Crippen LogP contribution in [-0.4, -0.2) is 27.5 Å². The van der Waals surface area contributed by atoms with Crippen molar-refractivity contribution in [3.63, 3.8) is 0 Å². The molecule has 0 spiro atoms. The molecule has 0 aliphatic heterocycles. The van der Waals surface area contributed by atoms with Crippen molar-refractivity contribution < 1.29 is 10.2 Å². The summed E-state index contributed by atoms with van der Waals surface area (Å²) >= 11 is 0. The molecule has 0 bridgehead atoms. The minimum Gasteiger partial charge on any atom is -0.396 e. The lowest BCUT2D eigenvalue weighted by molar-refractivity contribution is 0.117. The largest absolute Gasteiger partial charge is 0.396 e. The van der Waals surface area contributed by atoms with E-state index in [0.717, 1.165) is 5.52 Å². The Kier molecular flexibility index (Phi) is 4.21. The maximum atomic E-state index is 10.0. The highest BCUT2D eigenvalue weighted by Crippen LogP contribution is 2.30. The van der Waals surface area contributed by atoms with Gasteiger partial charge in [-0.25, -0.2) is 0 Å². The first kappa shape index (κ1) is 15.1. The summed E-state index contributed by atoms with van der Waals surface area (Å²) in [7, 11) is 0. The predicted molar refractivity (Wildman–Crippen MR) is 83.1 cm³/mol. The van der Waals surface area contributed by atoms with Crippen LogP contribution in [0.25, 0.3) is 10.9 Å². The lowest BCUT2D eigenvalue weighted by atomic mass is 9.92. The van der Waals surface area contributed by atoms with Gasteiger partial charge in [0, 0.05) is 35.2 Å². The Morgan fingerprint density at radius 1 is 1.20 bits per heavy atom. The zero-order valence-electron chi connectivity index (χ0n) is 12.8. The van der Waals surface area contributed by atoms with Gasteiger partial charge in [0.2, 0.25) is 0 Å². The fourth-order valence-corrected chi connectivity index (χ4v) is 2.66. The van der Waals surface area contributed by atoms with Crippen LogP contribution in [0.1, 0.15) is 38.4 Å². The third-order valence-electron chi connectivity index (χ3n) is 3.68. The fourth-order valence-electron chi connectivity index (χ4n) is 2.66. The average molecular weight is 275 g/mol. The summed E-state index contributed by atoms with van der Waals surface area (Å²) in [6.45, 7) is 9.19. The zero-order valence-corrected chi connectivity index (χ0v) is 12.8. The van der Waals surface area contributed by atoms with E-state index in [-0.39, 0.29) is 12.0 Å². The van der Waals surface area contributed by atoms with E-state index < -0.39 is 6.10 Å². The van der Waals surface area contributed by atoms with E-state index in [4.69, 9.17) is 5.11 Å². The van der Waals surface area contributed by atoms with Gasteiger partial charge in [-0.05, 0) is 31.5 Å². The number of hydrogen-bond acceptors (Lipinski definition) is 2. The Balaban J connectivity index is 2.53. The third kappa shape index (κ3) is 3.05. The Labute approximate surface area is 120 Å². The van der Waals surface area contributed by atoms with Crippen LogP contribution >= 0.6 is 0 Å². The van der Waals surface area contributed by atoms with Crippen LogP contribution in [-0.2, 0) is 12.0 Å². The van der Waals surface area contributed by atoms with Crippen molar-refractivity contribution in [3.05, 3.63) is 35.5 Å². The van der Waals surface area contributed by atoms with Crippen LogP contribution in [0.5, 0.6) is 0 Å². The number of aliphatic hydroxyl groups excluding tert-OH is 2. The monoisotopic (exact) mass is 275 g/mol. The molecule has 1 unspecified atom stereocenters. The molecular weight excluding hydrogens is 250 g/mol. The van der Waals surface area contributed by atoms with Crippen molar-refractivity contribution in [2.75, 3.05) is 6.61 Å². The van der Waals surface area contributed by atoms with Gasteiger partial charge in [-0.3, -0.25) is 0 Å². The molecule has 20 heavy (non-hydrogen) atoms. The van der Waals surface area contributed by atoms with Crippen LogP contribution in [0, 0.1) is 6.92 Å². The highest BCUT2D eigenvalue weighted by Gasteiger charge is 2.22. The van der Waals surface area contributed by atoms with Crippen molar-refractivity contribution in [2.45, 2.75) is 52.2 Å². The van der Waals surface area contributed by atoms with E-state index in [1.54, 1.807) is 0 Å². The molecule has 0 fully saturated rings. The number of fused-ring (bicyclic) bond motifs is 1. The summed E-state index contributed by atoms with van der Waals surface area (Å²) in [5.41, 5.74) is 3.63. The number of aryl methyl sites for hydroxylation is 1. The number of aliphatic hydroxyl groups is 2. The average Bonchev–Trinajstić information content (AvgIpc) is 2.67. The van der Waals surface area contributed by atoms with Crippen LogP contribution in [0.2, 0.25) is 0 Å². The maximum absolute atomic E-state index is 10.0. The fraction of sp³-hybridized carbons (Fsp3) is 0.529. The molecule has 2 rings (SSSR count). The van der Waals surface area contributed by atoms with Gasteiger partial charge >= 0.3 is 0 Å². The number of rotatable bonds is 4. The quantitative estimate of drug-likeness (QED) is 0.901. The Morgan fingerprint density at radius 3 is 2.50 bits per heavy atom. The van der Waals surface area contributed by atoms with E-state index in [0.29, 0.717) is 13.0 Å². The van der Waals surface area contributed by atoms with Crippen molar-refractivity contribution >= 4 is 10.9 Å². The highest BCUT2D eigenvalue weighted by molar-refractivity contribution is 5.82. The Hall–Kier alpha value is -1.32. The topological polar surface area (TPSA) is 45.4 Å². The van der Waals surface area contributed by atoms with E-state index in [1.807, 2.05) is 0 Å². The van der Waals surface area contributed by atoms with Gasteiger partial charge in [-0.2, -0.15) is 0 Å². The molecule has 1 heterocycles. The minimum absolute atomic E-state index is 0.0182. The molecule has 3 nitrogen and oxygen atoms in total. The van der Waals surface area contributed by atoms with Gasteiger partial charge in [0.05, 0.1) is 6.10 Å². The molecule has 1 atom stereocenters. The van der Waals surface area contributed by atoms with E-state index in [9.17, 15) is 5.11 Å². The molecular formula is C17H25NO2. The second kappa shape index (κ2) is 5.58. The van der Waals surface area contributed by atoms with Crippen LogP contribution in [0.3, 0.4) is 0 Å². The molecule has 2 N–H and O–H groups in total. The molecule has 1 aromatic heterocycles. The summed E-state index contributed by atoms with van der Waals surface area (Å²) in [4.78, 5) is 0. The molecule has 110 valence electrons. The highest BCUT2D eigenvalue weighted by atomic mass is 16.3. The third-order valence-corrected chi connectivity index (χ3v) is 3.68. The summed E-state index contributed by atoms with van der Waals surface area (Å²) < 4.78 is 2.19. The standard InChI is InChI=1S/C17H25NO2/c1-12-5-6-15-13(9-12)10-16(17(2,3)4)18(15)11-14(20)7-8-19/h5-6,9-10,14,19-20H,7-8,11H2,1-4H3. The van der Waals surface area contributed by atoms with Gasteiger partial charge in [-0.1, -0.05) is 32.4 Å². The molecule has 0 aliphatic rings. The lowest BCUT2D eigenvalue weighted by Crippen LogP contribution is -2.23. The molecule has 0 saturated carbocycles. The maximum Gasteiger partial charge on any atom is 0.0741 e. The molecule has 0 amide bonds. The zero-order chi connectivity index (χ0) is 14.9. The normalized spacial score (nSPS) is 13.9. The minimum atomic E-state index is -0.516. The summed E-state index contributed by atoms with van der Waals surface area (Å²) in [5, 5.41) is 20.2. The summed E-state index contributed by atoms with van der Waals surface area (Å²) in [5.74, 6) is 0. The lowest BCUT2D eigenvalue weighted by Gasteiger charge is -2.23. The molecule has 0 saturated heterocycles. The van der Waals surface area contributed by atoms with E-state index in [2.05, 4.69) is 56.5 Å². The summed E-state index contributed by atoms with van der Waals surface area (Å²) in [6.07, 6.45) is -0.104. The second-order valence-corrected chi connectivity index (χ2v) is 6.62. The van der Waals surface area contributed by atoms with Crippen molar-refractivity contribution in [3.8, 4) is 0 Å². The van der Waals surface area contributed by atoms with Gasteiger partial charge < -0.3 is 14.8 Å². The Morgan fingerprint density at radius 2 is 1.90 bits per heavy atom. The van der Waals surface area contributed by atoms with Gasteiger partial charge in [0.1, 0.15) is 0 Å². The first-order chi connectivity index (χ1) is 9.32. The number of benzene rings is 1. The first-order valence-electron chi connectivity index (χ1n) is 7.22. The number of hydrogen-bond donors (Lipinski definition) is 2. The van der Waals surface area contributed by atoms with Crippen molar-refractivity contribution in [2.24, 2.45) is 0 Å². The molecule has 2 aromatic rings. The molecule has 0 radical (unpaired) electrons. The van der Waals surface area contributed by atoms with E-state index in [1.165, 1.54) is 16.6 Å². The number of nitrogens with zero attached hydrogens (tertiary/aromatic N) is 1. The smallest absolute Gasteiger partial charge is 0.0741 e. The van der Waals surface area contributed by atoms with Gasteiger partial charge in [-0.15, -0.1) is 0 Å². The van der Waals surface area contributed by atoms with E-state index >= 15 is 0 Å². The predicted octanol–water partition coefficient (Wildman–Crippen LogP) is 2.99. The van der Waals surface area contributed by atoms with Crippen LogP contribution in [0.15, 0.2) is 24.3 Å². The van der Waals surface area contributed by atoms with Crippen molar-refractivity contribution in [1.29, 1.82) is 0 Å².